The van der Waals surface area contributed by atoms with E-state index in [0.717, 1.165) is 11.3 Å². The molecule has 0 saturated carbocycles. The van der Waals surface area contributed by atoms with Crippen molar-refractivity contribution in [3.63, 3.8) is 0 Å². The zero-order chi connectivity index (χ0) is 14.4. The van der Waals surface area contributed by atoms with Crippen LogP contribution in [0.15, 0.2) is 24.3 Å². The van der Waals surface area contributed by atoms with Crippen LogP contribution in [0.5, 0.6) is 5.75 Å². The van der Waals surface area contributed by atoms with E-state index in [0.29, 0.717) is 13.0 Å². The van der Waals surface area contributed by atoms with Gasteiger partial charge in [-0.15, -0.1) is 12.4 Å². The highest BCUT2D eigenvalue weighted by Crippen LogP contribution is 2.22. The molecule has 1 aromatic rings. The first-order chi connectivity index (χ1) is 8.99. The van der Waals surface area contributed by atoms with Crippen molar-refractivity contribution >= 4 is 18.3 Å². The summed E-state index contributed by atoms with van der Waals surface area (Å²) < 4.78 is 5.13. The fourth-order valence-corrected chi connectivity index (χ4v) is 1.86. The fraction of sp³-hybridized carbons (Fsp3) is 0.533. The first-order valence-electron chi connectivity index (χ1n) is 6.59. The molecule has 1 aromatic carbocycles. The summed E-state index contributed by atoms with van der Waals surface area (Å²) in [7, 11) is 3.45. The predicted molar refractivity (Wildman–Crippen MR) is 84.6 cm³/mol. The summed E-state index contributed by atoms with van der Waals surface area (Å²) in [5, 5.41) is 0. The second kappa shape index (κ2) is 8.82. The van der Waals surface area contributed by atoms with Gasteiger partial charge in [-0.25, -0.2) is 0 Å². The number of hydrogen-bond donors (Lipinski definition) is 1. The number of amides is 1. The van der Waals surface area contributed by atoms with E-state index in [1.807, 2.05) is 31.2 Å². The SMILES string of the molecule is COc1ccc(C(C)CC(=O)N(C)C(C)CN)cc1.Cl. The van der Waals surface area contributed by atoms with Crippen molar-refractivity contribution < 1.29 is 9.53 Å². The lowest BCUT2D eigenvalue weighted by molar-refractivity contribution is -0.131. The average molecular weight is 301 g/mol. The lowest BCUT2D eigenvalue weighted by Gasteiger charge is -2.25. The van der Waals surface area contributed by atoms with Crippen LogP contribution in [0.3, 0.4) is 0 Å². The maximum Gasteiger partial charge on any atom is 0.223 e. The molecule has 2 unspecified atom stereocenters. The number of likely N-dealkylation sites (N-methyl/N-ethyl adjacent to an activating group) is 1. The highest BCUT2D eigenvalue weighted by atomic mass is 35.5. The average Bonchev–Trinajstić information content (AvgIpc) is 2.45. The number of benzene rings is 1. The summed E-state index contributed by atoms with van der Waals surface area (Å²) in [5.41, 5.74) is 6.72. The van der Waals surface area contributed by atoms with Crippen LogP contribution in [-0.4, -0.2) is 37.6 Å². The highest BCUT2D eigenvalue weighted by molar-refractivity contribution is 5.85. The van der Waals surface area contributed by atoms with Crippen LogP contribution in [0.1, 0.15) is 31.7 Å². The summed E-state index contributed by atoms with van der Waals surface area (Å²) in [6, 6.07) is 7.92. The number of nitrogens with zero attached hydrogens (tertiary/aromatic N) is 1. The first kappa shape index (κ1) is 18.7. The third-order valence-corrected chi connectivity index (χ3v) is 3.56. The van der Waals surface area contributed by atoms with Gasteiger partial charge in [-0.05, 0) is 30.5 Å². The van der Waals surface area contributed by atoms with Crippen LogP contribution in [0.4, 0.5) is 0 Å². The quantitative estimate of drug-likeness (QED) is 0.878. The molecule has 0 aliphatic carbocycles. The largest absolute Gasteiger partial charge is 0.497 e. The van der Waals surface area contributed by atoms with E-state index in [1.54, 1.807) is 19.1 Å². The first-order valence-corrected chi connectivity index (χ1v) is 6.59. The van der Waals surface area contributed by atoms with Gasteiger partial charge in [0.25, 0.3) is 0 Å². The number of carbonyl (C=O) groups excluding carboxylic acids is 1. The molecule has 114 valence electrons. The van der Waals surface area contributed by atoms with Crippen LogP contribution >= 0.6 is 12.4 Å². The molecule has 0 radical (unpaired) electrons. The number of halogens is 1. The molecule has 20 heavy (non-hydrogen) atoms. The molecule has 0 fully saturated rings. The molecule has 2 atom stereocenters. The molecule has 0 saturated heterocycles. The Morgan fingerprint density at radius 3 is 2.30 bits per heavy atom. The number of rotatable bonds is 6. The predicted octanol–water partition coefficient (Wildman–Crippen LogP) is 2.42. The molecule has 1 rings (SSSR count). The van der Waals surface area contributed by atoms with E-state index in [2.05, 4.69) is 6.92 Å². The van der Waals surface area contributed by atoms with Crippen LogP contribution in [0.2, 0.25) is 0 Å². The molecule has 0 aromatic heterocycles. The second-order valence-corrected chi connectivity index (χ2v) is 4.97. The molecule has 0 heterocycles. The topological polar surface area (TPSA) is 55.6 Å². The summed E-state index contributed by atoms with van der Waals surface area (Å²) in [4.78, 5) is 13.8. The van der Waals surface area contributed by atoms with E-state index in [9.17, 15) is 4.79 Å². The number of nitrogens with two attached hydrogens (primary N) is 1. The van der Waals surface area contributed by atoms with Crippen LogP contribution in [-0.2, 0) is 4.79 Å². The zero-order valence-corrected chi connectivity index (χ0v) is 13.4. The highest BCUT2D eigenvalue weighted by Gasteiger charge is 2.18. The maximum atomic E-state index is 12.1. The minimum absolute atomic E-state index is 0. The zero-order valence-electron chi connectivity index (χ0n) is 12.6. The maximum absolute atomic E-state index is 12.1. The number of hydrogen-bond acceptors (Lipinski definition) is 3. The van der Waals surface area contributed by atoms with Crippen molar-refractivity contribution in [3.8, 4) is 5.75 Å². The standard InChI is InChI=1S/C15H24N2O2.ClH/c1-11(9-15(18)17(3)12(2)10-16)13-5-7-14(19-4)8-6-13;/h5-8,11-12H,9-10,16H2,1-4H3;1H. The van der Waals surface area contributed by atoms with Crippen molar-refractivity contribution in [2.45, 2.75) is 32.2 Å². The summed E-state index contributed by atoms with van der Waals surface area (Å²) >= 11 is 0. The summed E-state index contributed by atoms with van der Waals surface area (Å²) in [6.07, 6.45) is 0.493. The molecule has 0 aliphatic heterocycles. The number of methoxy groups -OCH3 is 1. The lowest BCUT2D eigenvalue weighted by atomic mass is 9.97. The van der Waals surface area contributed by atoms with Crippen LogP contribution in [0.25, 0.3) is 0 Å². The van der Waals surface area contributed by atoms with E-state index < -0.39 is 0 Å². The minimum Gasteiger partial charge on any atom is -0.497 e. The fourth-order valence-electron chi connectivity index (χ4n) is 1.86. The van der Waals surface area contributed by atoms with Gasteiger partial charge in [0.2, 0.25) is 5.91 Å². The molecule has 0 aliphatic rings. The molecule has 4 nitrogen and oxygen atoms in total. The van der Waals surface area contributed by atoms with Gasteiger partial charge in [0, 0.05) is 26.1 Å². The van der Waals surface area contributed by atoms with Crippen molar-refractivity contribution in [2.75, 3.05) is 20.7 Å². The van der Waals surface area contributed by atoms with Gasteiger partial charge in [-0.3, -0.25) is 4.79 Å². The van der Waals surface area contributed by atoms with Crippen molar-refractivity contribution in [3.05, 3.63) is 29.8 Å². The molecular weight excluding hydrogens is 276 g/mol. The van der Waals surface area contributed by atoms with Gasteiger partial charge < -0.3 is 15.4 Å². The normalized spacial score (nSPS) is 13.1. The summed E-state index contributed by atoms with van der Waals surface area (Å²) in [6.45, 7) is 4.50. The van der Waals surface area contributed by atoms with E-state index >= 15 is 0 Å². The third kappa shape index (κ3) is 5.02. The van der Waals surface area contributed by atoms with Crippen molar-refractivity contribution in [1.29, 1.82) is 0 Å². The Bertz CT molecular complexity index is 409. The van der Waals surface area contributed by atoms with Crippen LogP contribution < -0.4 is 10.5 Å². The van der Waals surface area contributed by atoms with E-state index in [4.69, 9.17) is 10.5 Å². The minimum atomic E-state index is 0. The van der Waals surface area contributed by atoms with Crippen molar-refractivity contribution in [1.82, 2.24) is 4.90 Å². The third-order valence-electron chi connectivity index (χ3n) is 3.56. The van der Waals surface area contributed by atoms with Gasteiger partial charge in [0.1, 0.15) is 5.75 Å². The number of carbonyl (C=O) groups is 1. The molecule has 1 amide bonds. The molecule has 0 bridgehead atoms. The Kier molecular flexibility index (Phi) is 8.26. The van der Waals surface area contributed by atoms with Gasteiger partial charge in [-0.2, -0.15) is 0 Å². The molecule has 5 heteroatoms. The Morgan fingerprint density at radius 2 is 1.85 bits per heavy atom. The Labute approximate surface area is 127 Å². The van der Waals surface area contributed by atoms with E-state index in [-0.39, 0.29) is 30.3 Å². The van der Waals surface area contributed by atoms with Gasteiger partial charge in [0.05, 0.1) is 7.11 Å². The van der Waals surface area contributed by atoms with Gasteiger partial charge in [-0.1, -0.05) is 19.1 Å². The van der Waals surface area contributed by atoms with Gasteiger partial charge >= 0.3 is 0 Å². The smallest absolute Gasteiger partial charge is 0.223 e. The second-order valence-electron chi connectivity index (χ2n) is 4.97. The molecule has 0 spiro atoms. The van der Waals surface area contributed by atoms with E-state index in [1.165, 1.54) is 0 Å². The van der Waals surface area contributed by atoms with Crippen LogP contribution in [0, 0.1) is 0 Å². The summed E-state index contributed by atoms with van der Waals surface area (Å²) in [5.74, 6) is 1.14. The molecular formula is C15H25ClN2O2. The Hall–Kier alpha value is -1.26. The lowest BCUT2D eigenvalue weighted by Crippen LogP contribution is -2.40. The Balaban J connectivity index is 0.00000361. The van der Waals surface area contributed by atoms with Gasteiger partial charge in [0.15, 0.2) is 0 Å². The van der Waals surface area contributed by atoms with Crippen molar-refractivity contribution in [2.24, 2.45) is 5.73 Å². The molecule has 2 N–H and O–H groups in total. The Morgan fingerprint density at radius 1 is 1.30 bits per heavy atom. The number of ether oxygens (including phenoxy) is 1. The monoisotopic (exact) mass is 300 g/mol.